The predicted octanol–water partition coefficient (Wildman–Crippen LogP) is 4.65. The van der Waals surface area contributed by atoms with Gasteiger partial charge in [-0.25, -0.2) is 8.42 Å². The summed E-state index contributed by atoms with van der Waals surface area (Å²) in [4.78, 5) is 12.2. The second-order valence-electron chi connectivity index (χ2n) is 7.79. The summed E-state index contributed by atoms with van der Waals surface area (Å²) in [7, 11) is -2.44. The number of benzene rings is 2. The lowest BCUT2D eigenvalue weighted by atomic mass is 9.87. The summed E-state index contributed by atoms with van der Waals surface area (Å²) in [5.74, 6) is 0.403. The number of anilines is 1. The van der Waals surface area contributed by atoms with E-state index in [0.29, 0.717) is 17.1 Å². The number of ether oxygens (including phenoxy) is 1. The molecule has 31 heavy (non-hydrogen) atoms. The Morgan fingerprint density at radius 3 is 2.29 bits per heavy atom. The fourth-order valence-electron chi connectivity index (χ4n) is 2.82. The topological polar surface area (TPSA) is 90.3 Å². The van der Waals surface area contributed by atoms with Gasteiger partial charge in [-0.3, -0.25) is 9.52 Å². The van der Waals surface area contributed by atoms with Crippen molar-refractivity contribution in [2.45, 2.75) is 31.1 Å². The summed E-state index contributed by atoms with van der Waals surface area (Å²) in [6.45, 7) is 6.10. The van der Waals surface area contributed by atoms with Gasteiger partial charge in [-0.2, -0.15) is 9.78 Å². The Balaban J connectivity index is 1.95. The van der Waals surface area contributed by atoms with Crippen LogP contribution in [-0.4, -0.2) is 25.3 Å². The normalized spacial score (nSPS) is 11.9. The highest BCUT2D eigenvalue weighted by atomic mass is 35.5. The molecule has 1 N–H and O–H groups in total. The molecular formula is C21H21Cl2N3O4S. The van der Waals surface area contributed by atoms with Crippen LogP contribution < -0.4 is 15.0 Å². The molecule has 0 aliphatic heterocycles. The van der Waals surface area contributed by atoms with Gasteiger partial charge in [-0.15, -0.1) is 0 Å². The van der Waals surface area contributed by atoms with Crippen LogP contribution in [0.15, 0.2) is 58.4 Å². The minimum absolute atomic E-state index is 0.00701. The number of methoxy groups -OCH3 is 1. The molecule has 0 fully saturated rings. The van der Waals surface area contributed by atoms with Gasteiger partial charge >= 0.3 is 0 Å². The fraction of sp³-hybridized carbons (Fsp3) is 0.238. The van der Waals surface area contributed by atoms with Gasteiger partial charge in [0.15, 0.2) is 0 Å². The van der Waals surface area contributed by atoms with Crippen LogP contribution in [0.5, 0.6) is 5.75 Å². The molecule has 1 aromatic heterocycles. The van der Waals surface area contributed by atoms with Crippen LogP contribution in [-0.2, 0) is 15.4 Å². The molecule has 3 aromatic rings. The zero-order chi connectivity index (χ0) is 23.0. The van der Waals surface area contributed by atoms with E-state index >= 15 is 0 Å². The maximum absolute atomic E-state index is 13.0. The zero-order valence-corrected chi connectivity index (χ0v) is 19.6. The van der Waals surface area contributed by atoms with Gasteiger partial charge in [0.25, 0.3) is 15.6 Å². The molecule has 1 heterocycles. The summed E-state index contributed by atoms with van der Waals surface area (Å²) >= 11 is 11.7. The first-order valence-electron chi connectivity index (χ1n) is 9.19. The largest absolute Gasteiger partial charge is 0.495 e. The first-order valence-corrected chi connectivity index (χ1v) is 11.4. The van der Waals surface area contributed by atoms with Gasteiger partial charge in [0.05, 0.1) is 34.6 Å². The highest BCUT2D eigenvalue weighted by molar-refractivity contribution is 7.92. The van der Waals surface area contributed by atoms with E-state index in [9.17, 15) is 13.2 Å². The van der Waals surface area contributed by atoms with Crippen molar-refractivity contribution in [3.8, 4) is 11.4 Å². The Morgan fingerprint density at radius 2 is 1.71 bits per heavy atom. The highest BCUT2D eigenvalue weighted by Crippen LogP contribution is 2.33. The fourth-order valence-corrected chi connectivity index (χ4v) is 4.14. The minimum Gasteiger partial charge on any atom is -0.495 e. The van der Waals surface area contributed by atoms with Crippen molar-refractivity contribution in [3.63, 3.8) is 0 Å². The second kappa shape index (κ2) is 8.53. The maximum atomic E-state index is 13.0. The predicted molar refractivity (Wildman–Crippen MR) is 122 cm³/mol. The quantitative estimate of drug-likeness (QED) is 0.572. The molecule has 0 saturated heterocycles. The van der Waals surface area contributed by atoms with Crippen molar-refractivity contribution in [1.82, 2.24) is 9.78 Å². The molecule has 0 bridgehead atoms. The van der Waals surface area contributed by atoms with E-state index < -0.39 is 15.6 Å². The third-order valence-electron chi connectivity index (χ3n) is 4.58. The molecule has 0 radical (unpaired) electrons. The lowest BCUT2D eigenvalue weighted by Gasteiger charge is -2.21. The monoisotopic (exact) mass is 481 g/mol. The second-order valence-corrected chi connectivity index (χ2v) is 10.3. The van der Waals surface area contributed by atoms with Gasteiger partial charge in [-0.1, -0.05) is 50.0 Å². The molecule has 0 unspecified atom stereocenters. The third kappa shape index (κ3) is 4.87. The number of rotatable bonds is 5. The molecule has 164 valence electrons. The molecule has 10 heteroatoms. The molecule has 0 amide bonds. The summed E-state index contributed by atoms with van der Waals surface area (Å²) in [5, 5.41) is 3.80. The van der Waals surface area contributed by atoms with E-state index in [0.717, 1.165) is 10.2 Å². The van der Waals surface area contributed by atoms with Gasteiger partial charge in [0.1, 0.15) is 10.8 Å². The number of halogens is 2. The van der Waals surface area contributed by atoms with Crippen molar-refractivity contribution in [3.05, 3.63) is 74.6 Å². The molecule has 7 nitrogen and oxygen atoms in total. The van der Waals surface area contributed by atoms with E-state index in [1.807, 2.05) is 26.8 Å². The van der Waals surface area contributed by atoms with Gasteiger partial charge in [0, 0.05) is 0 Å². The lowest BCUT2D eigenvalue weighted by molar-refractivity contribution is 0.416. The van der Waals surface area contributed by atoms with Crippen molar-refractivity contribution >= 4 is 38.9 Å². The summed E-state index contributed by atoms with van der Waals surface area (Å²) in [6.07, 6.45) is 1.24. The molecule has 0 saturated carbocycles. The Hall–Kier alpha value is -2.55. The molecule has 0 atom stereocenters. The molecule has 0 spiro atoms. The van der Waals surface area contributed by atoms with E-state index in [1.54, 1.807) is 12.1 Å². The van der Waals surface area contributed by atoms with Crippen LogP contribution in [0.4, 0.5) is 5.69 Å². The van der Waals surface area contributed by atoms with Crippen LogP contribution in [0.2, 0.25) is 10.0 Å². The van der Waals surface area contributed by atoms with Crippen LogP contribution in [0.3, 0.4) is 0 Å². The van der Waals surface area contributed by atoms with Crippen molar-refractivity contribution in [2.75, 3.05) is 11.8 Å². The van der Waals surface area contributed by atoms with E-state index in [4.69, 9.17) is 27.9 Å². The lowest BCUT2D eigenvalue weighted by Crippen LogP contribution is -2.21. The molecular weight excluding hydrogens is 461 g/mol. The first-order chi connectivity index (χ1) is 14.4. The number of hydrogen-bond donors (Lipinski definition) is 1. The highest BCUT2D eigenvalue weighted by Gasteiger charge is 2.20. The van der Waals surface area contributed by atoms with Gasteiger partial charge in [-0.05, 0) is 47.4 Å². The molecule has 2 aromatic carbocycles. The zero-order valence-electron chi connectivity index (χ0n) is 17.3. The van der Waals surface area contributed by atoms with E-state index in [-0.39, 0.29) is 20.4 Å². The van der Waals surface area contributed by atoms with Crippen molar-refractivity contribution < 1.29 is 13.2 Å². The standard InChI is InChI=1S/C21H21Cl2N3O4S/c1-21(2,3)13-5-10-18(30-4)17(11-13)25-31(28,29)15-8-6-14(7-9-15)26-20(27)19(23)16(22)12-24-26/h5-12,25H,1-4H3. The Morgan fingerprint density at radius 1 is 1.06 bits per heavy atom. The average molecular weight is 482 g/mol. The Bertz CT molecular complexity index is 1280. The Labute approximate surface area is 190 Å². The van der Waals surface area contributed by atoms with Crippen LogP contribution >= 0.6 is 23.2 Å². The molecule has 3 rings (SSSR count). The number of sulfonamides is 1. The van der Waals surface area contributed by atoms with Gasteiger partial charge in [0.2, 0.25) is 0 Å². The number of hydrogen-bond acceptors (Lipinski definition) is 5. The van der Waals surface area contributed by atoms with Gasteiger partial charge < -0.3 is 4.74 Å². The van der Waals surface area contributed by atoms with Crippen molar-refractivity contribution in [2.24, 2.45) is 0 Å². The smallest absolute Gasteiger partial charge is 0.291 e. The summed E-state index contributed by atoms with van der Waals surface area (Å²) in [5.41, 5.74) is 0.850. The number of aromatic nitrogens is 2. The number of nitrogens with one attached hydrogen (secondary N) is 1. The summed E-state index contributed by atoms with van der Waals surface area (Å²) in [6, 6.07) is 11.0. The van der Waals surface area contributed by atoms with Crippen LogP contribution in [0, 0.1) is 0 Å². The minimum atomic E-state index is -3.92. The third-order valence-corrected chi connectivity index (χ3v) is 6.71. The SMILES string of the molecule is COc1ccc(C(C)(C)C)cc1NS(=O)(=O)c1ccc(-n2ncc(Cl)c(Cl)c2=O)cc1. The van der Waals surface area contributed by atoms with E-state index in [1.165, 1.54) is 37.6 Å². The Kier molecular flexibility index (Phi) is 6.36. The van der Waals surface area contributed by atoms with Crippen LogP contribution in [0.1, 0.15) is 26.3 Å². The molecule has 0 aliphatic rings. The first kappa shape index (κ1) is 23.1. The van der Waals surface area contributed by atoms with Crippen molar-refractivity contribution in [1.29, 1.82) is 0 Å². The summed E-state index contributed by atoms with van der Waals surface area (Å²) < 4.78 is 34.8. The van der Waals surface area contributed by atoms with Crippen LogP contribution in [0.25, 0.3) is 5.69 Å². The number of nitrogens with zero attached hydrogens (tertiary/aromatic N) is 2. The molecule has 0 aliphatic carbocycles. The average Bonchev–Trinajstić information content (AvgIpc) is 2.71. The maximum Gasteiger partial charge on any atom is 0.291 e. The van der Waals surface area contributed by atoms with E-state index in [2.05, 4.69) is 9.82 Å².